The summed E-state index contributed by atoms with van der Waals surface area (Å²) in [4.78, 5) is 0. The van der Waals surface area contributed by atoms with Gasteiger partial charge < -0.3 is 9.13 Å². The van der Waals surface area contributed by atoms with Crippen LogP contribution in [0.5, 0.6) is 0 Å². The number of para-hydroxylation sites is 2. The highest BCUT2D eigenvalue weighted by molar-refractivity contribution is 6.12. The molecule has 0 unspecified atom stereocenters. The van der Waals surface area contributed by atoms with Crippen LogP contribution in [0, 0.1) is 0 Å². The molecule has 0 N–H and O–H groups in total. The van der Waals surface area contributed by atoms with Crippen LogP contribution >= 0.6 is 0 Å². The van der Waals surface area contributed by atoms with Gasteiger partial charge in [-0.3, -0.25) is 0 Å². The number of benzene rings is 10. The molecule has 10 aromatic carbocycles. The van der Waals surface area contributed by atoms with Crippen LogP contribution in [-0.4, -0.2) is 9.13 Å². The molecule has 314 valence electrons. The summed E-state index contributed by atoms with van der Waals surface area (Å²) in [7, 11) is 0. The lowest BCUT2D eigenvalue weighted by atomic mass is 9.90. The summed E-state index contributed by atoms with van der Waals surface area (Å²) < 4.78 is 4.83. The lowest BCUT2D eigenvalue weighted by Gasteiger charge is -2.15. The molecular weight excluding hydrogens is 797 g/mol. The van der Waals surface area contributed by atoms with Gasteiger partial charge in [-0.15, -0.1) is 0 Å². The predicted octanol–water partition coefficient (Wildman–Crippen LogP) is 17.6. The first kappa shape index (κ1) is 39.4. The molecule has 2 heterocycles. The van der Waals surface area contributed by atoms with Gasteiger partial charge >= 0.3 is 0 Å². The van der Waals surface area contributed by atoms with E-state index < -0.39 is 0 Å². The average Bonchev–Trinajstić information content (AvgIpc) is 3.91. The van der Waals surface area contributed by atoms with Gasteiger partial charge in [-0.2, -0.15) is 0 Å². The Balaban J connectivity index is 0.904. The van der Waals surface area contributed by atoms with Crippen molar-refractivity contribution in [1.82, 2.24) is 9.13 Å². The van der Waals surface area contributed by atoms with Gasteiger partial charge in [0.1, 0.15) is 0 Å². The van der Waals surface area contributed by atoms with Crippen molar-refractivity contribution in [3.05, 3.63) is 242 Å². The molecule has 2 nitrogen and oxygen atoms in total. The van der Waals surface area contributed by atoms with Gasteiger partial charge in [0.2, 0.25) is 0 Å². The third-order valence-electron chi connectivity index (χ3n) is 13.6. The Hall–Kier alpha value is -8.20. The van der Waals surface area contributed by atoms with E-state index in [0.717, 1.165) is 17.8 Å². The smallest absolute Gasteiger partial charge is 0.0541 e. The Morgan fingerprint density at radius 1 is 0.288 bits per heavy atom. The van der Waals surface area contributed by atoms with Crippen LogP contribution in [0.1, 0.15) is 25.3 Å². The normalized spacial score (nSPS) is 11.6. The highest BCUT2D eigenvalue weighted by Crippen LogP contribution is 2.41. The fourth-order valence-corrected chi connectivity index (χ4v) is 10.4. The number of rotatable bonds is 10. The lowest BCUT2D eigenvalue weighted by molar-refractivity contribution is 0.796. The van der Waals surface area contributed by atoms with Crippen molar-refractivity contribution in [2.75, 3.05) is 0 Å². The van der Waals surface area contributed by atoms with E-state index in [0.29, 0.717) is 0 Å². The van der Waals surface area contributed by atoms with Gasteiger partial charge in [-0.25, -0.2) is 0 Å². The molecule has 0 aliphatic rings. The molecule has 0 bridgehead atoms. The molecule has 0 amide bonds. The quantitative estimate of drug-likeness (QED) is 0.130. The zero-order valence-corrected chi connectivity index (χ0v) is 37.0. The topological polar surface area (TPSA) is 9.86 Å². The first-order valence-electron chi connectivity index (χ1n) is 23.3. The van der Waals surface area contributed by atoms with Crippen molar-refractivity contribution >= 4 is 43.6 Å². The number of nitrogens with zero attached hydrogens (tertiary/aromatic N) is 2. The Morgan fingerprint density at radius 3 is 1.18 bits per heavy atom. The van der Waals surface area contributed by atoms with Gasteiger partial charge in [0.15, 0.2) is 0 Å². The average molecular weight is 845 g/mol. The minimum atomic E-state index is 1.09. The predicted molar refractivity (Wildman–Crippen MR) is 281 cm³/mol. The number of aromatic nitrogens is 2. The third-order valence-corrected chi connectivity index (χ3v) is 13.6. The van der Waals surface area contributed by atoms with Crippen LogP contribution in [0.15, 0.2) is 237 Å². The third kappa shape index (κ3) is 6.82. The van der Waals surface area contributed by atoms with Crippen LogP contribution < -0.4 is 0 Å². The molecule has 12 aromatic rings. The number of fused-ring (bicyclic) bond motifs is 6. The van der Waals surface area contributed by atoms with Crippen molar-refractivity contribution in [1.29, 1.82) is 0 Å². The summed E-state index contributed by atoms with van der Waals surface area (Å²) in [5.41, 5.74) is 20.9. The van der Waals surface area contributed by atoms with Crippen molar-refractivity contribution in [2.45, 2.75) is 26.2 Å². The second-order valence-electron chi connectivity index (χ2n) is 17.5. The molecule has 2 heteroatoms. The van der Waals surface area contributed by atoms with Crippen molar-refractivity contribution in [3.63, 3.8) is 0 Å². The molecule has 0 aliphatic carbocycles. The van der Waals surface area contributed by atoms with Gasteiger partial charge in [-0.05, 0) is 135 Å². The van der Waals surface area contributed by atoms with Gasteiger partial charge in [0.25, 0.3) is 0 Å². The summed E-state index contributed by atoms with van der Waals surface area (Å²) in [5, 5.41) is 4.99. The Bertz CT molecular complexity index is 3720. The minimum absolute atomic E-state index is 1.09. The monoisotopic (exact) mass is 844 g/mol. The fraction of sp³-hybridized carbons (Fsp3) is 0.0625. The first-order chi connectivity index (χ1) is 32.7. The molecule has 2 aromatic heterocycles. The fourth-order valence-electron chi connectivity index (χ4n) is 10.4. The number of hydrogen-bond donors (Lipinski definition) is 0. The summed E-state index contributed by atoms with van der Waals surface area (Å²) >= 11 is 0. The van der Waals surface area contributed by atoms with Crippen LogP contribution in [0.4, 0.5) is 0 Å². The zero-order chi connectivity index (χ0) is 44.0. The lowest BCUT2D eigenvalue weighted by Crippen LogP contribution is -1.95. The summed E-state index contributed by atoms with van der Waals surface area (Å²) in [5.74, 6) is 0. The number of unbranched alkanes of at least 4 members (excludes halogenated alkanes) is 1. The molecule has 0 atom stereocenters. The molecule has 0 spiro atoms. The molecular formula is C64H48N2. The Labute approximate surface area is 386 Å². The standard InChI is InChI=1S/C64H48N2/c1-2-3-17-44-20-7-8-23-54(44)56-25-12-11-24-55(56)47-32-38-51(39-33-47)66-62-29-16-14-27-58(62)60-43-49(35-41-64(60)66)48-34-40-63-59(42-48)57-26-13-15-28-61(57)65(63)50-36-30-46(31-37-50)53-22-10-9-21-52(53)45-18-5-4-6-19-45/h4-16,18-43H,2-3,17H2,1H3. The Morgan fingerprint density at radius 2 is 0.667 bits per heavy atom. The van der Waals surface area contributed by atoms with Crippen LogP contribution in [0.2, 0.25) is 0 Å². The zero-order valence-electron chi connectivity index (χ0n) is 37.0. The molecule has 0 saturated carbocycles. The Kier molecular flexibility index (Phi) is 9.99. The second kappa shape index (κ2) is 16.7. The SMILES string of the molecule is CCCCc1ccccc1-c1ccccc1-c1ccc(-n2c3ccccc3c3cc(-c4ccc5c(c4)c4ccccc4n5-c4ccc(-c5ccccc5-c5ccccc5)cc4)ccc32)cc1. The second-order valence-corrected chi connectivity index (χ2v) is 17.5. The molecule has 0 aliphatic heterocycles. The maximum absolute atomic E-state index is 2.42. The van der Waals surface area contributed by atoms with Crippen molar-refractivity contribution in [3.8, 4) is 67.0 Å². The molecule has 0 saturated heterocycles. The van der Waals surface area contributed by atoms with Crippen LogP contribution in [0.3, 0.4) is 0 Å². The van der Waals surface area contributed by atoms with Crippen LogP contribution in [0.25, 0.3) is 111 Å². The minimum Gasteiger partial charge on any atom is -0.309 e. The van der Waals surface area contributed by atoms with E-state index >= 15 is 0 Å². The van der Waals surface area contributed by atoms with E-state index in [9.17, 15) is 0 Å². The highest BCUT2D eigenvalue weighted by Gasteiger charge is 2.18. The molecule has 66 heavy (non-hydrogen) atoms. The van der Waals surface area contributed by atoms with E-state index in [-0.39, 0.29) is 0 Å². The van der Waals surface area contributed by atoms with E-state index in [1.807, 2.05) is 0 Å². The molecule has 12 rings (SSSR count). The van der Waals surface area contributed by atoms with E-state index in [2.05, 4.69) is 253 Å². The summed E-state index contributed by atoms with van der Waals surface area (Å²) in [6.45, 7) is 2.27. The van der Waals surface area contributed by atoms with Gasteiger partial charge in [-0.1, -0.05) is 189 Å². The molecule has 0 radical (unpaired) electrons. The number of hydrogen-bond acceptors (Lipinski definition) is 0. The van der Waals surface area contributed by atoms with Crippen molar-refractivity contribution in [2.24, 2.45) is 0 Å². The van der Waals surface area contributed by atoms with Gasteiger partial charge in [0, 0.05) is 32.9 Å². The van der Waals surface area contributed by atoms with E-state index in [1.54, 1.807) is 0 Å². The highest BCUT2D eigenvalue weighted by atomic mass is 15.0. The van der Waals surface area contributed by atoms with Crippen molar-refractivity contribution < 1.29 is 0 Å². The maximum atomic E-state index is 2.42. The first-order valence-corrected chi connectivity index (χ1v) is 23.3. The van der Waals surface area contributed by atoms with E-state index in [1.165, 1.54) is 118 Å². The summed E-state index contributed by atoms with van der Waals surface area (Å²) in [6, 6.07) is 87.0. The van der Waals surface area contributed by atoms with E-state index in [4.69, 9.17) is 0 Å². The largest absolute Gasteiger partial charge is 0.309 e. The summed E-state index contributed by atoms with van der Waals surface area (Å²) in [6.07, 6.45) is 3.47. The van der Waals surface area contributed by atoms with Crippen LogP contribution in [-0.2, 0) is 6.42 Å². The maximum Gasteiger partial charge on any atom is 0.0541 e. The number of aryl methyl sites for hydroxylation is 1. The molecule has 0 fully saturated rings. The van der Waals surface area contributed by atoms with Gasteiger partial charge in [0.05, 0.1) is 22.1 Å².